The Balaban J connectivity index is 1.22. The second-order valence-corrected chi connectivity index (χ2v) is 9.75. The molecule has 1 aliphatic rings. The van der Waals surface area contributed by atoms with Crippen LogP contribution in [0.25, 0.3) is 11.0 Å². The van der Waals surface area contributed by atoms with E-state index in [-0.39, 0.29) is 22.5 Å². The van der Waals surface area contributed by atoms with Crippen LogP contribution >= 0.6 is 11.8 Å². The Morgan fingerprint density at radius 1 is 0.972 bits per heavy atom. The molecule has 0 spiro atoms. The summed E-state index contributed by atoms with van der Waals surface area (Å²) < 4.78 is 12.1. The fraction of sp³-hybridized carbons (Fsp3) is 0.222. The molecule has 4 N–H and O–H groups in total. The van der Waals surface area contributed by atoms with E-state index in [1.807, 2.05) is 73.7 Å². The normalized spacial score (nSPS) is 16.2. The number of hydrogen-bond donors (Lipinski definition) is 3. The number of amides is 2. The number of thioether (sulfide) groups is 1. The summed E-state index contributed by atoms with van der Waals surface area (Å²) in [5, 5.41) is 1.64. The third kappa shape index (κ3) is 5.53. The van der Waals surface area contributed by atoms with Gasteiger partial charge in [-0.1, -0.05) is 36.0 Å². The van der Waals surface area contributed by atoms with E-state index in [2.05, 4.69) is 15.3 Å². The lowest BCUT2D eigenvalue weighted by Crippen LogP contribution is -2.25. The first kappa shape index (κ1) is 23.9. The lowest BCUT2D eigenvalue weighted by molar-refractivity contribution is -0.118. The zero-order valence-corrected chi connectivity index (χ0v) is 20.5. The maximum absolute atomic E-state index is 11.8. The van der Waals surface area contributed by atoms with E-state index in [0.29, 0.717) is 30.3 Å². The number of imidazole rings is 1. The first-order chi connectivity index (χ1) is 17.5. The maximum Gasteiger partial charge on any atom is 0.286 e. The molecule has 0 radical (unpaired) electrons. The van der Waals surface area contributed by atoms with Crippen molar-refractivity contribution in [3.05, 3.63) is 83.7 Å². The second-order valence-electron chi connectivity index (χ2n) is 8.58. The summed E-state index contributed by atoms with van der Waals surface area (Å²) in [5.41, 5.74) is 9.43. The van der Waals surface area contributed by atoms with E-state index >= 15 is 0 Å². The molecule has 2 unspecified atom stereocenters. The van der Waals surface area contributed by atoms with Gasteiger partial charge in [0.1, 0.15) is 23.1 Å². The predicted octanol–water partition coefficient (Wildman–Crippen LogP) is 4.89. The van der Waals surface area contributed by atoms with Gasteiger partial charge < -0.3 is 20.2 Å². The summed E-state index contributed by atoms with van der Waals surface area (Å²) in [7, 11) is 0. The number of fused-ring (bicyclic) bond motifs is 1. The topological polar surface area (TPSA) is 119 Å². The standard InChI is InChI=1S/C27H26N4O4S/c1-16(34-19-8-4-18(5-9-19)14-24-26(32)31-27(33)36-24)25-29-22-11-10-21(15-23(22)30-25)35-20-6-2-17(3-7-20)12-13-28/h2-11,15-16,24H,12-14,28H2,1H3,(H,29,30)(H,31,32,33). The number of imide groups is 1. The molecular formula is C27H26N4O4S. The SMILES string of the molecule is CC(Oc1ccc(CC2SC(=O)NC2=O)cc1)c1nc2ccc(Oc3ccc(CCN)cc3)cc2[nH]1. The first-order valence-corrected chi connectivity index (χ1v) is 12.6. The average Bonchev–Trinajstić information content (AvgIpc) is 3.43. The van der Waals surface area contributed by atoms with Gasteiger partial charge >= 0.3 is 0 Å². The summed E-state index contributed by atoms with van der Waals surface area (Å²) in [5.74, 6) is 2.62. The van der Waals surface area contributed by atoms with Gasteiger partial charge in [0.15, 0.2) is 6.10 Å². The molecule has 2 atom stereocenters. The Hall–Kier alpha value is -3.82. The minimum absolute atomic E-state index is 0.238. The Labute approximate surface area is 212 Å². The largest absolute Gasteiger partial charge is 0.483 e. The van der Waals surface area contributed by atoms with Gasteiger partial charge in [0, 0.05) is 6.07 Å². The average molecular weight is 503 g/mol. The van der Waals surface area contributed by atoms with Crippen LogP contribution in [0.1, 0.15) is 30.0 Å². The molecule has 1 fully saturated rings. The van der Waals surface area contributed by atoms with Crippen molar-refractivity contribution < 1.29 is 19.1 Å². The molecule has 184 valence electrons. The van der Waals surface area contributed by atoms with Crippen LogP contribution in [-0.2, 0) is 17.6 Å². The maximum atomic E-state index is 11.8. The van der Waals surface area contributed by atoms with E-state index in [4.69, 9.17) is 15.2 Å². The number of benzene rings is 3. The van der Waals surface area contributed by atoms with Gasteiger partial charge in [0.25, 0.3) is 5.24 Å². The Kier molecular flexibility index (Phi) is 6.92. The fourth-order valence-corrected chi connectivity index (χ4v) is 4.86. The second kappa shape index (κ2) is 10.4. The van der Waals surface area contributed by atoms with Gasteiger partial charge in [-0.2, -0.15) is 0 Å². The minimum Gasteiger partial charge on any atom is -0.483 e. The highest BCUT2D eigenvalue weighted by molar-refractivity contribution is 8.15. The molecule has 2 amide bonds. The smallest absolute Gasteiger partial charge is 0.286 e. The summed E-state index contributed by atoms with van der Waals surface area (Å²) >= 11 is 1.03. The summed E-state index contributed by atoms with van der Waals surface area (Å²) in [6.07, 6.45) is 1.02. The van der Waals surface area contributed by atoms with Crippen LogP contribution in [0.15, 0.2) is 66.7 Å². The number of nitrogens with two attached hydrogens (primary N) is 1. The molecule has 4 aromatic rings. The zero-order chi connectivity index (χ0) is 25.1. The van der Waals surface area contributed by atoms with E-state index in [9.17, 15) is 9.59 Å². The van der Waals surface area contributed by atoms with Crippen LogP contribution in [0.3, 0.4) is 0 Å². The van der Waals surface area contributed by atoms with Gasteiger partial charge in [-0.15, -0.1) is 0 Å². The van der Waals surface area contributed by atoms with Gasteiger partial charge in [0.05, 0.1) is 16.3 Å². The summed E-state index contributed by atoms with van der Waals surface area (Å²) in [4.78, 5) is 31.1. The Morgan fingerprint density at radius 3 is 2.36 bits per heavy atom. The van der Waals surface area contributed by atoms with Crippen LogP contribution in [0.2, 0.25) is 0 Å². The van der Waals surface area contributed by atoms with Crippen LogP contribution in [-0.4, -0.2) is 32.9 Å². The fourth-order valence-electron chi connectivity index (χ4n) is 4.00. The molecule has 1 aromatic heterocycles. The van der Waals surface area contributed by atoms with Gasteiger partial charge in [0.2, 0.25) is 5.91 Å². The van der Waals surface area contributed by atoms with E-state index < -0.39 is 0 Å². The van der Waals surface area contributed by atoms with Crippen molar-refractivity contribution in [3.8, 4) is 17.2 Å². The first-order valence-electron chi connectivity index (χ1n) is 11.7. The number of rotatable bonds is 9. The van der Waals surface area contributed by atoms with E-state index in [1.54, 1.807) is 0 Å². The predicted molar refractivity (Wildman–Crippen MR) is 139 cm³/mol. The van der Waals surface area contributed by atoms with Crippen LogP contribution in [0.5, 0.6) is 17.2 Å². The molecule has 1 aliphatic heterocycles. The molecular weight excluding hydrogens is 476 g/mol. The third-order valence-corrected chi connectivity index (χ3v) is 6.85. The highest BCUT2D eigenvalue weighted by Crippen LogP contribution is 2.28. The van der Waals surface area contributed by atoms with Crippen molar-refractivity contribution in [1.29, 1.82) is 0 Å². The van der Waals surface area contributed by atoms with Crippen molar-refractivity contribution in [2.45, 2.75) is 31.1 Å². The molecule has 9 heteroatoms. The lowest BCUT2D eigenvalue weighted by atomic mass is 10.1. The number of nitrogens with one attached hydrogen (secondary N) is 2. The van der Waals surface area contributed by atoms with Gasteiger partial charge in [-0.05, 0) is 73.8 Å². The third-order valence-electron chi connectivity index (χ3n) is 5.87. The minimum atomic E-state index is -0.386. The number of hydrogen-bond acceptors (Lipinski definition) is 7. The monoisotopic (exact) mass is 502 g/mol. The highest BCUT2D eigenvalue weighted by Gasteiger charge is 2.31. The van der Waals surface area contributed by atoms with Crippen molar-refractivity contribution in [1.82, 2.24) is 15.3 Å². The molecule has 36 heavy (non-hydrogen) atoms. The van der Waals surface area contributed by atoms with Crippen molar-refractivity contribution in [2.24, 2.45) is 5.73 Å². The van der Waals surface area contributed by atoms with Crippen molar-refractivity contribution in [2.75, 3.05) is 6.54 Å². The summed E-state index contributed by atoms with van der Waals surface area (Å²) in [6, 6.07) is 21.2. The highest BCUT2D eigenvalue weighted by atomic mass is 32.2. The van der Waals surface area contributed by atoms with E-state index in [1.165, 1.54) is 5.56 Å². The molecule has 0 bridgehead atoms. The lowest BCUT2D eigenvalue weighted by Gasteiger charge is -2.13. The van der Waals surface area contributed by atoms with Crippen molar-refractivity contribution in [3.63, 3.8) is 0 Å². The Morgan fingerprint density at radius 2 is 1.67 bits per heavy atom. The van der Waals surface area contributed by atoms with Crippen LogP contribution in [0.4, 0.5) is 4.79 Å². The molecule has 8 nitrogen and oxygen atoms in total. The molecule has 0 aliphatic carbocycles. The number of carbonyl (C=O) groups excluding carboxylic acids is 2. The number of ether oxygens (including phenoxy) is 2. The van der Waals surface area contributed by atoms with E-state index in [0.717, 1.165) is 40.5 Å². The van der Waals surface area contributed by atoms with Crippen LogP contribution in [0, 0.1) is 0 Å². The molecule has 3 aromatic carbocycles. The number of H-pyrrole nitrogens is 1. The van der Waals surface area contributed by atoms with Crippen LogP contribution < -0.4 is 20.5 Å². The zero-order valence-electron chi connectivity index (χ0n) is 19.7. The Bertz CT molecular complexity index is 1390. The van der Waals surface area contributed by atoms with Gasteiger partial charge in [-0.25, -0.2) is 4.98 Å². The summed E-state index contributed by atoms with van der Waals surface area (Å²) in [6.45, 7) is 2.55. The number of aromatic nitrogens is 2. The molecule has 2 heterocycles. The number of aromatic amines is 1. The van der Waals surface area contributed by atoms with Gasteiger partial charge in [-0.3, -0.25) is 14.9 Å². The quantitative estimate of drug-likeness (QED) is 0.298. The number of nitrogens with zero attached hydrogens (tertiary/aromatic N) is 1. The molecule has 0 saturated carbocycles. The molecule has 1 saturated heterocycles. The molecule has 5 rings (SSSR count). The van der Waals surface area contributed by atoms with Crippen molar-refractivity contribution >= 4 is 33.9 Å². The number of carbonyl (C=O) groups is 2.